The van der Waals surface area contributed by atoms with E-state index in [1.54, 1.807) is 11.1 Å². The van der Waals surface area contributed by atoms with Crippen molar-refractivity contribution in [1.29, 1.82) is 0 Å². The normalized spacial score (nSPS) is 18.0. The number of carbonyl (C=O) groups is 2. The third-order valence-electron chi connectivity index (χ3n) is 2.23. The van der Waals surface area contributed by atoms with Gasteiger partial charge in [-0.25, -0.2) is 4.79 Å². The van der Waals surface area contributed by atoms with Crippen LogP contribution in [0.3, 0.4) is 0 Å². The second-order valence-corrected chi connectivity index (χ2v) is 3.91. The van der Waals surface area contributed by atoms with Crippen molar-refractivity contribution in [3.05, 3.63) is 24.9 Å². The first-order valence-corrected chi connectivity index (χ1v) is 4.77. The molecule has 4 heteroatoms. The fourth-order valence-corrected chi connectivity index (χ4v) is 1.27. The minimum atomic E-state index is -0.468. The van der Waals surface area contributed by atoms with Crippen LogP contribution in [-0.2, 0) is 14.3 Å². The highest BCUT2D eigenvalue weighted by molar-refractivity contribution is 5.87. The first-order chi connectivity index (χ1) is 6.97. The number of nitrogens with zero attached hydrogens (tertiary/aromatic N) is 1. The van der Waals surface area contributed by atoms with Crippen LogP contribution in [0.25, 0.3) is 0 Å². The van der Waals surface area contributed by atoms with Gasteiger partial charge < -0.3 is 9.64 Å². The smallest absolute Gasteiger partial charge is 0.330 e. The molecule has 1 aliphatic heterocycles. The Labute approximate surface area is 89.2 Å². The molecule has 1 aliphatic rings. The van der Waals surface area contributed by atoms with Crippen LogP contribution in [-0.4, -0.2) is 29.9 Å². The first-order valence-electron chi connectivity index (χ1n) is 4.77. The summed E-state index contributed by atoms with van der Waals surface area (Å²) < 4.78 is 4.78. The SMILES string of the molecule is C=CC(=O)OCCN1C=CC(C)(C)C1=O. The lowest BCUT2D eigenvalue weighted by Crippen LogP contribution is -2.33. The number of esters is 1. The minimum absolute atomic E-state index is 0.0251. The van der Waals surface area contributed by atoms with Crippen LogP contribution < -0.4 is 0 Å². The summed E-state index contributed by atoms with van der Waals surface area (Å²) >= 11 is 0. The molecular weight excluding hydrogens is 194 g/mol. The van der Waals surface area contributed by atoms with Crippen LogP contribution in [0.15, 0.2) is 24.9 Å². The lowest BCUT2D eigenvalue weighted by molar-refractivity contribution is -0.141. The molecule has 0 spiro atoms. The van der Waals surface area contributed by atoms with Crippen LogP contribution in [0.5, 0.6) is 0 Å². The summed E-state index contributed by atoms with van der Waals surface area (Å²) in [6, 6.07) is 0. The molecule has 82 valence electrons. The summed E-state index contributed by atoms with van der Waals surface area (Å²) in [7, 11) is 0. The second kappa shape index (κ2) is 4.29. The van der Waals surface area contributed by atoms with Crippen molar-refractivity contribution in [3.8, 4) is 0 Å². The number of ether oxygens (including phenoxy) is 1. The Hall–Kier alpha value is -1.58. The van der Waals surface area contributed by atoms with Crippen LogP contribution >= 0.6 is 0 Å². The lowest BCUT2D eigenvalue weighted by atomic mass is 9.95. The summed E-state index contributed by atoms with van der Waals surface area (Å²) in [6.07, 6.45) is 4.67. The second-order valence-electron chi connectivity index (χ2n) is 3.91. The van der Waals surface area contributed by atoms with Crippen LogP contribution in [0, 0.1) is 5.41 Å². The van der Waals surface area contributed by atoms with Gasteiger partial charge in [-0.15, -0.1) is 0 Å². The molecule has 1 heterocycles. The molecule has 0 atom stereocenters. The maximum Gasteiger partial charge on any atom is 0.330 e. The standard InChI is InChI=1S/C11H15NO3/c1-4-9(13)15-8-7-12-6-5-11(2,3)10(12)14/h4-6H,1,7-8H2,2-3H3. The number of hydrogen-bond donors (Lipinski definition) is 0. The molecule has 1 amide bonds. The van der Waals surface area contributed by atoms with E-state index in [1.165, 1.54) is 0 Å². The van der Waals surface area contributed by atoms with E-state index in [4.69, 9.17) is 4.74 Å². The maximum atomic E-state index is 11.7. The van der Waals surface area contributed by atoms with Crippen molar-refractivity contribution in [3.63, 3.8) is 0 Å². The molecule has 15 heavy (non-hydrogen) atoms. The van der Waals surface area contributed by atoms with Gasteiger partial charge in [0.15, 0.2) is 0 Å². The van der Waals surface area contributed by atoms with Crippen LogP contribution in [0.4, 0.5) is 0 Å². The van der Waals surface area contributed by atoms with E-state index in [0.29, 0.717) is 6.54 Å². The molecule has 0 saturated carbocycles. The molecule has 0 bridgehead atoms. The van der Waals surface area contributed by atoms with Crippen molar-refractivity contribution < 1.29 is 14.3 Å². The molecule has 0 unspecified atom stereocenters. The van der Waals surface area contributed by atoms with Gasteiger partial charge in [0.1, 0.15) is 6.61 Å². The van der Waals surface area contributed by atoms with Gasteiger partial charge in [0.25, 0.3) is 0 Å². The quantitative estimate of drug-likeness (QED) is 0.514. The Bertz CT molecular complexity index is 318. The average Bonchev–Trinajstić information content (AvgIpc) is 2.44. The van der Waals surface area contributed by atoms with Crippen molar-refractivity contribution >= 4 is 11.9 Å². The highest BCUT2D eigenvalue weighted by Crippen LogP contribution is 2.26. The maximum absolute atomic E-state index is 11.7. The molecule has 0 radical (unpaired) electrons. The first kappa shape index (κ1) is 11.5. The van der Waals surface area contributed by atoms with E-state index in [1.807, 2.05) is 19.9 Å². The van der Waals surface area contributed by atoms with Crippen molar-refractivity contribution in [2.24, 2.45) is 5.41 Å². The third kappa shape index (κ3) is 2.68. The topological polar surface area (TPSA) is 46.6 Å². The molecule has 1 rings (SSSR count). The minimum Gasteiger partial charge on any atom is -0.461 e. The van der Waals surface area contributed by atoms with Crippen molar-refractivity contribution in [2.75, 3.05) is 13.2 Å². The van der Waals surface area contributed by atoms with Gasteiger partial charge in [-0.3, -0.25) is 4.79 Å². The zero-order chi connectivity index (χ0) is 11.5. The highest BCUT2D eigenvalue weighted by atomic mass is 16.5. The van der Waals surface area contributed by atoms with E-state index in [9.17, 15) is 9.59 Å². The summed E-state index contributed by atoms with van der Waals surface area (Å²) in [5.74, 6) is -0.443. The highest BCUT2D eigenvalue weighted by Gasteiger charge is 2.33. The summed E-state index contributed by atoms with van der Waals surface area (Å²) in [5.41, 5.74) is -0.442. The number of hydrogen-bond acceptors (Lipinski definition) is 3. The molecule has 0 aromatic heterocycles. The van der Waals surface area contributed by atoms with Gasteiger partial charge in [-0.1, -0.05) is 12.7 Å². The molecule has 0 aliphatic carbocycles. The Balaban J connectivity index is 2.36. The van der Waals surface area contributed by atoms with E-state index >= 15 is 0 Å². The molecule has 0 N–H and O–H groups in total. The summed E-state index contributed by atoms with van der Waals surface area (Å²) in [6.45, 7) is 7.56. The number of amides is 1. The van der Waals surface area contributed by atoms with Gasteiger partial charge >= 0.3 is 5.97 Å². The molecule has 4 nitrogen and oxygen atoms in total. The van der Waals surface area contributed by atoms with E-state index < -0.39 is 11.4 Å². The van der Waals surface area contributed by atoms with Gasteiger partial charge in [0, 0.05) is 12.3 Å². The monoisotopic (exact) mass is 209 g/mol. The molecule has 0 aromatic rings. The average molecular weight is 209 g/mol. The molecular formula is C11H15NO3. The summed E-state index contributed by atoms with van der Waals surface area (Å²) in [5, 5.41) is 0. The Morgan fingerprint density at radius 2 is 2.33 bits per heavy atom. The lowest BCUT2D eigenvalue weighted by Gasteiger charge is -2.19. The fourth-order valence-electron chi connectivity index (χ4n) is 1.27. The van der Waals surface area contributed by atoms with Gasteiger partial charge in [0.05, 0.1) is 12.0 Å². The van der Waals surface area contributed by atoms with Crippen LogP contribution in [0.2, 0.25) is 0 Å². The van der Waals surface area contributed by atoms with Crippen LogP contribution in [0.1, 0.15) is 13.8 Å². The Morgan fingerprint density at radius 1 is 1.67 bits per heavy atom. The van der Waals surface area contributed by atoms with E-state index in [-0.39, 0.29) is 12.5 Å². The largest absolute Gasteiger partial charge is 0.461 e. The fraction of sp³-hybridized carbons (Fsp3) is 0.455. The van der Waals surface area contributed by atoms with Gasteiger partial charge in [-0.2, -0.15) is 0 Å². The van der Waals surface area contributed by atoms with Crippen molar-refractivity contribution in [2.45, 2.75) is 13.8 Å². The molecule has 0 fully saturated rings. The number of carbonyl (C=O) groups excluding carboxylic acids is 2. The Morgan fingerprint density at radius 3 is 2.80 bits per heavy atom. The predicted molar refractivity (Wildman–Crippen MR) is 55.8 cm³/mol. The predicted octanol–water partition coefficient (Wildman–Crippen LogP) is 1.10. The zero-order valence-electron chi connectivity index (χ0n) is 9.03. The van der Waals surface area contributed by atoms with E-state index in [0.717, 1.165) is 6.08 Å². The van der Waals surface area contributed by atoms with E-state index in [2.05, 4.69) is 6.58 Å². The van der Waals surface area contributed by atoms with Crippen molar-refractivity contribution in [1.82, 2.24) is 4.90 Å². The number of rotatable bonds is 4. The Kier molecular flexibility index (Phi) is 3.29. The third-order valence-corrected chi connectivity index (χ3v) is 2.23. The van der Waals surface area contributed by atoms with Gasteiger partial charge in [-0.05, 0) is 13.8 Å². The molecule has 0 aromatic carbocycles. The van der Waals surface area contributed by atoms with Gasteiger partial charge in [0.2, 0.25) is 5.91 Å². The molecule has 0 saturated heterocycles. The zero-order valence-corrected chi connectivity index (χ0v) is 9.03. The summed E-state index contributed by atoms with van der Waals surface area (Å²) in [4.78, 5) is 24.0.